The highest BCUT2D eigenvalue weighted by molar-refractivity contribution is 9.09. The van der Waals surface area contributed by atoms with Crippen molar-refractivity contribution < 1.29 is 24.5 Å². The van der Waals surface area contributed by atoms with Crippen LogP contribution in [-0.4, -0.2) is 52.5 Å². The van der Waals surface area contributed by atoms with Crippen LogP contribution in [-0.2, 0) is 14.3 Å². The van der Waals surface area contributed by atoms with Crippen LogP contribution in [0.1, 0.15) is 64.7 Å². The Bertz CT molecular complexity index is 483. The number of carbonyl (C=O) groups is 1. The van der Waals surface area contributed by atoms with Crippen molar-refractivity contribution in [1.29, 1.82) is 0 Å². The Balaban J connectivity index is 1.81. The average Bonchev–Trinajstić information content (AvgIpc) is 3.17. The lowest BCUT2D eigenvalue weighted by atomic mass is 9.89. The third-order valence-corrected chi connectivity index (χ3v) is 6.94. The van der Waals surface area contributed by atoms with Gasteiger partial charge in [0.1, 0.15) is 0 Å². The zero-order chi connectivity index (χ0) is 19.8. The first-order valence-electron chi connectivity index (χ1n) is 10.4. The Morgan fingerprint density at radius 2 is 2.07 bits per heavy atom. The second-order valence-corrected chi connectivity index (χ2v) is 9.10. The number of unbranched alkanes of at least 4 members (excludes halogenated alkanes) is 2. The first-order chi connectivity index (χ1) is 13.0. The van der Waals surface area contributed by atoms with Crippen molar-refractivity contribution in [2.45, 2.75) is 94.0 Å². The highest BCUT2D eigenvalue weighted by Gasteiger charge is 2.49. The van der Waals surface area contributed by atoms with E-state index in [2.05, 4.69) is 27.6 Å². The van der Waals surface area contributed by atoms with E-state index in [1.807, 2.05) is 12.2 Å². The summed E-state index contributed by atoms with van der Waals surface area (Å²) in [4.78, 5) is 11.4. The molecule has 0 aromatic rings. The van der Waals surface area contributed by atoms with Crippen LogP contribution in [0.2, 0.25) is 0 Å². The predicted molar refractivity (Wildman–Crippen MR) is 109 cm³/mol. The van der Waals surface area contributed by atoms with Crippen molar-refractivity contribution in [2.24, 2.45) is 11.8 Å². The Labute approximate surface area is 171 Å². The minimum atomic E-state index is -0.428. The first kappa shape index (κ1) is 22.9. The number of methoxy groups -OCH3 is 1. The van der Waals surface area contributed by atoms with Gasteiger partial charge in [-0.15, -0.1) is 0 Å². The van der Waals surface area contributed by atoms with Gasteiger partial charge in [-0.1, -0.05) is 54.3 Å². The molecule has 27 heavy (non-hydrogen) atoms. The maximum Gasteiger partial charge on any atom is 0.305 e. The summed E-state index contributed by atoms with van der Waals surface area (Å²) in [5.41, 5.74) is 0. The molecule has 0 radical (unpaired) electrons. The third kappa shape index (κ3) is 6.84. The lowest BCUT2D eigenvalue weighted by Gasteiger charge is -2.21. The van der Waals surface area contributed by atoms with Crippen LogP contribution in [0.15, 0.2) is 12.2 Å². The van der Waals surface area contributed by atoms with Gasteiger partial charge in [0.2, 0.25) is 0 Å². The van der Waals surface area contributed by atoms with Crippen molar-refractivity contribution in [3.63, 3.8) is 0 Å². The van der Waals surface area contributed by atoms with E-state index in [9.17, 15) is 15.0 Å². The van der Waals surface area contributed by atoms with Crippen molar-refractivity contribution in [2.75, 3.05) is 7.11 Å². The fraction of sp³-hybridized carbons (Fsp3) is 0.857. The van der Waals surface area contributed by atoms with Gasteiger partial charge in [-0.05, 0) is 31.6 Å². The molecule has 1 aliphatic carbocycles. The van der Waals surface area contributed by atoms with Crippen LogP contribution in [0.3, 0.4) is 0 Å². The molecule has 5 nitrogen and oxygen atoms in total. The van der Waals surface area contributed by atoms with Gasteiger partial charge in [-0.3, -0.25) is 4.79 Å². The van der Waals surface area contributed by atoms with E-state index in [4.69, 9.17) is 4.74 Å². The SMILES string of the molecule is CCCCC[C@H](O)/C=C/[C@@H]1[C@H]2CC(C(Br)CCCC(=O)OC)O[C@H]2C[C@H]1O. The number of alkyl halides is 1. The molecule has 7 atom stereocenters. The molecule has 156 valence electrons. The van der Waals surface area contributed by atoms with Gasteiger partial charge in [-0.2, -0.15) is 0 Å². The quantitative estimate of drug-likeness (QED) is 0.218. The Morgan fingerprint density at radius 3 is 2.78 bits per heavy atom. The number of aliphatic hydroxyl groups is 2. The molecule has 2 aliphatic rings. The molecule has 0 bridgehead atoms. The van der Waals surface area contributed by atoms with Crippen LogP contribution in [0.5, 0.6) is 0 Å². The molecule has 1 heterocycles. The maximum atomic E-state index is 11.2. The van der Waals surface area contributed by atoms with Crippen LogP contribution in [0.4, 0.5) is 0 Å². The molecule has 1 saturated carbocycles. The van der Waals surface area contributed by atoms with Gasteiger partial charge in [0.15, 0.2) is 0 Å². The van der Waals surface area contributed by atoms with Gasteiger partial charge in [-0.25, -0.2) is 0 Å². The van der Waals surface area contributed by atoms with Crippen molar-refractivity contribution in [3.8, 4) is 0 Å². The van der Waals surface area contributed by atoms with E-state index in [0.29, 0.717) is 18.8 Å². The minimum absolute atomic E-state index is 0.0515. The van der Waals surface area contributed by atoms with E-state index in [1.54, 1.807) is 0 Å². The Morgan fingerprint density at radius 1 is 1.30 bits per heavy atom. The third-order valence-electron chi connectivity index (χ3n) is 5.89. The molecule has 0 spiro atoms. The summed E-state index contributed by atoms with van der Waals surface area (Å²) >= 11 is 3.72. The average molecular weight is 447 g/mol. The molecule has 6 heteroatoms. The lowest BCUT2D eigenvalue weighted by molar-refractivity contribution is -0.140. The van der Waals surface area contributed by atoms with Gasteiger partial charge in [0.25, 0.3) is 0 Å². The van der Waals surface area contributed by atoms with E-state index in [1.165, 1.54) is 7.11 Å². The molecule has 0 aromatic heterocycles. The molecule has 2 N–H and O–H groups in total. The Kier molecular flexibility index (Phi) is 9.77. The summed E-state index contributed by atoms with van der Waals surface area (Å²) in [5.74, 6) is 0.171. The largest absolute Gasteiger partial charge is 0.469 e. The monoisotopic (exact) mass is 446 g/mol. The van der Waals surface area contributed by atoms with Gasteiger partial charge >= 0.3 is 5.97 Å². The fourth-order valence-corrected chi connectivity index (χ4v) is 4.97. The van der Waals surface area contributed by atoms with Gasteiger partial charge in [0.05, 0.1) is 31.5 Å². The smallest absolute Gasteiger partial charge is 0.305 e. The maximum absolute atomic E-state index is 11.2. The second kappa shape index (κ2) is 11.5. The Hall–Kier alpha value is -0.430. The van der Waals surface area contributed by atoms with Crippen LogP contribution >= 0.6 is 15.9 Å². The molecule has 2 unspecified atom stereocenters. The van der Waals surface area contributed by atoms with Gasteiger partial charge in [0, 0.05) is 23.6 Å². The normalized spacial score (nSPS) is 32.6. The molecule has 2 fully saturated rings. The fourth-order valence-electron chi connectivity index (χ4n) is 4.31. The van der Waals surface area contributed by atoms with Crippen molar-refractivity contribution in [1.82, 2.24) is 0 Å². The molecule has 2 rings (SSSR count). The van der Waals surface area contributed by atoms with E-state index >= 15 is 0 Å². The minimum Gasteiger partial charge on any atom is -0.469 e. The number of esters is 1. The number of carbonyl (C=O) groups excluding carboxylic acids is 1. The lowest BCUT2D eigenvalue weighted by Crippen LogP contribution is -2.24. The standard InChI is InChI=1S/C21H35BrO5/c1-3-4-5-7-14(23)10-11-15-16-12-20(27-19(16)13-18(15)24)17(22)8-6-9-21(25)26-2/h10-11,14-20,23-24H,3-9,12-13H2,1-2H3/b11-10+/t14-,15+,16+,17?,18+,19-,20?/m0/s1. The molecule has 0 amide bonds. The predicted octanol–water partition coefficient (Wildman–Crippen LogP) is 3.75. The number of ether oxygens (including phenoxy) is 2. The van der Waals surface area contributed by atoms with Crippen LogP contribution in [0, 0.1) is 11.8 Å². The number of hydrogen-bond donors (Lipinski definition) is 2. The summed E-state index contributed by atoms with van der Waals surface area (Å²) in [7, 11) is 1.41. The summed E-state index contributed by atoms with van der Waals surface area (Å²) in [5, 5.41) is 20.5. The van der Waals surface area contributed by atoms with E-state index in [0.717, 1.165) is 44.9 Å². The summed E-state index contributed by atoms with van der Waals surface area (Å²) in [6.45, 7) is 2.15. The molecule has 1 aliphatic heterocycles. The number of rotatable bonds is 11. The number of halogens is 1. The zero-order valence-corrected chi connectivity index (χ0v) is 18.1. The first-order valence-corrected chi connectivity index (χ1v) is 11.3. The van der Waals surface area contributed by atoms with Crippen molar-refractivity contribution in [3.05, 3.63) is 12.2 Å². The van der Waals surface area contributed by atoms with E-state index in [-0.39, 0.29) is 28.9 Å². The summed E-state index contributed by atoms with van der Waals surface area (Å²) in [6, 6.07) is 0. The molecular weight excluding hydrogens is 412 g/mol. The van der Waals surface area contributed by atoms with Crippen molar-refractivity contribution >= 4 is 21.9 Å². The van der Waals surface area contributed by atoms with Crippen LogP contribution in [0.25, 0.3) is 0 Å². The molecular formula is C21H35BrO5. The highest BCUT2D eigenvalue weighted by atomic mass is 79.9. The molecule has 0 aromatic carbocycles. The highest BCUT2D eigenvalue weighted by Crippen LogP contribution is 2.46. The summed E-state index contributed by atoms with van der Waals surface area (Å²) in [6.07, 6.45) is 11.0. The number of aliphatic hydroxyl groups excluding tert-OH is 2. The topological polar surface area (TPSA) is 76.0 Å². The second-order valence-electron chi connectivity index (χ2n) is 7.93. The number of fused-ring (bicyclic) bond motifs is 1. The summed E-state index contributed by atoms with van der Waals surface area (Å²) < 4.78 is 10.9. The van der Waals surface area contributed by atoms with Crippen LogP contribution < -0.4 is 0 Å². The van der Waals surface area contributed by atoms with E-state index < -0.39 is 12.2 Å². The van der Waals surface area contributed by atoms with Gasteiger partial charge < -0.3 is 19.7 Å². The zero-order valence-electron chi connectivity index (χ0n) is 16.6. The number of hydrogen-bond acceptors (Lipinski definition) is 5. The molecule has 1 saturated heterocycles.